The van der Waals surface area contributed by atoms with E-state index >= 15 is 0 Å². The van der Waals surface area contributed by atoms with E-state index in [9.17, 15) is 28.5 Å². The molecule has 16 heteroatoms. The smallest absolute Gasteiger partial charge is 0.338 e. The van der Waals surface area contributed by atoms with Crippen molar-refractivity contribution in [1.29, 1.82) is 0 Å². The van der Waals surface area contributed by atoms with Gasteiger partial charge in [-0.3, -0.25) is 37.6 Å². The van der Waals surface area contributed by atoms with Gasteiger partial charge in [-0.1, -0.05) is 20.8 Å². The van der Waals surface area contributed by atoms with Crippen molar-refractivity contribution in [1.82, 2.24) is 0 Å². The molecule has 1 unspecified atom stereocenters. The van der Waals surface area contributed by atoms with Crippen LogP contribution < -0.4 is 0 Å². The number of carbonyl (C=O) groups is 5. The van der Waals surface area contributed by atoms with E-state index in [1.807, 2.05) is 20.8 Å². The van der Waals surface area contributed by atoms with Gasteiger partial charge in [0.15, 0.2) is 25.1 Å². The van der Waals surface area contributed by atoms with Crippen LogP contribution in [0.1, 0.15) is 69.2 Å². The van der Waals surface area contributed by atoms with Crippen LogP contribution in [0, 0.1) is 10.8 Å². The normalized spacial score (nSPS) is 23.8. The quantitative estimate of drug-likeness (QED) is 0.0886. The first-order valence-electron chi connectivity index (χ1n) is 13.6. The van der Waals surface area contributed by atoms with Gasteiger partial charge < -0.3 is 33.2 Å². The van der Waals surface area contributed by atoms with Crippen LogP contribution in [0.5, 0.6) is 0 Å². The standard InChI is InChI=1S/C27H45O15P/c1-16(28)35-11-20-22(39-17(2)29)24(41-19(4)31)23(40-18(3)30)21(42-20)12-43(33,37-14-34-13-26(5,6)7)38-15-36-25(32)27(8,9)10/h20-24H,11-15H2,1-10H3/t20-,21-,22-,23-,24+,43?/m1/s1. The number of rotatable bonds is 14. The molecule has 1 aliphatic heterocycles. The molecule has 0 amide bonds. The zero-order valence-corrected chi connectivity index (χ0v) is 27.4. The average Bonchev–Trinajstić information content (AvgIpc) is 2.82. The van der Waals surface area contributed by atoms with Crippen molar-refractivity contribution in [2.24, 2.45) is 10.8 Å². The Morgan fingerprint density at radius 3 is 1.63 bits per heavy atom. The van der Waals surface area contributed by atoms with Gasteiger partial charge in [-0.25, -0.2) is 0 Å². The fourth-order valence-corrected chi connectivity index (χ4v) is 5.14. The molecule has 0 bridgehead atoms. The minimum absolute atomic E-state index is 0.227. The second kappa shape index (κ2) is 16.5. The molecular formula is C27H45O15P. The summed E-state index contributed by atoms with van der Waals surface area (Å²) in [4.78, 5) is 60.0. The largest absolute Gasteiger partial charge is 0.463 e. The van der Waals surface area contributed by atoms with Crippen molar-refractivity contribution in [3.63, 3.8) is 0 Å². The molecule has 1 saturated heterocycles. The molecular weight excluding hydrogens is 595 g/mol. The fourth-order valence-electron chi connectivity index (χ4n) is 3.67. The zero-order valence-electron chi connectivity index (χ0n) is 26.5. The second-order valence-corrected chi connectivity index (χ2v) is 14.2. The molecule has 1 heterocycles. The molecule has 1 aliphatic rings. The molecule has 0 aliphatic carbocycles. The van der Waals surface area contributed by atoms with Crippen molar-refractivity contribution < 1.29 is 70.7 Å². The number of hydrogen-bond acceptors (Lipinski definition) is 15. The summed E-state index contributed by atoms with van der Waals surface area (Å²) in [7, 11) is -4.31. The number of hydrogen-bond donors (Lipinski definition) is 0. The van der Waals surface area contributed by atoms with E-state index in [0.717, 1.165) is 27.7 Å². The van der Waals surface area contributed by atoms with Gasteiger partial charge in [0.05, 0.1) is 18.2 Å². The Bertz CT molecular complexity index is 1030. The Kier molecular flexibility index (Phi) is 14.7. The maximum absolute atomic E-state index is 14.0. The molecule has 0 spiro atoms. The van der Waals surface area contributed by atoms with Gasteiger partial charge in [-0.05, 0) is 26.2 Å². The van der Waals surface area contributed by atoms with E-state index in [0.29, 0.717) is 0 Å². The van der Waals surface area contributed by atoms with Crippen molar-refractivity contribution in [3.05, 3.63) is 0 Å². The summed E-state index contributed by atoms with van der Waals surface area (Å²) in [5.74, 6) is -3.80. The summed E-state index contributed by atoms with van der Waals surface area (Å²) >= 11 is 0. The van der Waals surface area contributed by atoms with Crippen LogP contribution in [0.3, 0.4) is 0 Å². The highest BCUT2D eigenvalue weighted by molar-refractivity contribution is 7.53. The molecule has 0 aromatic heterocycles. The second-order valence-electron chi connectivity index (χ2n) is 12.1. The van der Waals surface area contributed by atoms with Gasteiger partial charge >= 0.3 is 37.4 Å². The first-order valence-corrected chi connectivity index (χ1v) is 15.3. The third-order valence-electron chi connectivity index (χ3n) is 5.41. The molecule has 15 nitrogen and oxygen atoms in total. The molecule has 248 valence electrons. The van der Waals surface area contributed by atoms with Crippen LogP contribution >= 0.6 is 7.60 Å². The lowest BCUT2D eigenvalue weighted by Gasteiger charge is -2.44. The summed E-state index contributed by atoms with van der Waals surface area (Å²) < 4.78 is 62.8. The minimum atomic E-state index is -4.31. The lowest BCUT2D eigenvalue weighted by molar-refractivity contribution is -0.249. The number of carbonyl (C=O) groups excluding carboxylic acids is 5. The lowest BCUT2D eigenvalue weighted by atomic mass is 9.95. The molecule has 1 fully saturated rings. The van der Waals surface area contributed by atoms with Crippen molar-refractivity contribution in [2.45, 2.75) is 99.8 Å². The highest BCUT2D eigenvalue weighted by Crippen LogP contribution is 2.51. The van der Waals surface area contributed by atoms with Crippen molar-refractivity contribution >= 4 is 37.4 Å². The highest BCUT2D eigenvalue weighted by atomic mass is 31.2. The van der Waals surface area contributed by atoms with Gasteiger partial charge in [0.25, 0.3) is 0 Å². The summed E-state index contributed by atoms with van der Waals surface area (Å²) in [5, 5.41) is 0. The van der Waals surface area contributed by atoms with Crippen LogP contribution in [-0.2, 0) is 70.7 Å². The van der Waals surface area contributed by atoms with Crippen molar-refractivity contribution in [3.8, 4) is 0 Å². The predicted molar refractivity (Wildman–Crippen MR) is 147 cm³/mol. The molecule has 0 aromatic rings. The van der Waals surface area contributed by atoms with Gasteiger partial charge in [-0.2, -0.15) is 0 Å². The van der Waals surface area contributed by atoms with Crippen LogP contribution in [-0.4, -0.2) is 93.3 Å². The topological polar surface area (TPSA) is 185 Å². The van der Waals surface area contributed by atoms with E-state index in [1.165, 1.54) is 0 Å². The van der Waals surface area contributed by atoms with E-state index in [1.54, 1.807) is 20.8 Å². The van der Waals surface area contributed by atoms with E-state index in [4.69, 9.17) is 42.2 Å². The monoisotopic (exact) mass is 640 g/mol. The van der Waals surface area contributed by atoms with E-state index in [-0.39, 0.29) is 12.0 Å². The third-order valence-corrected chi connectivity index (χ3v) is 7.21. The first-order chi connectivity index (χ1) is 19.6. The van der Waals surface area contributed by atoms with E-state index < -0.39 is 99.7 Å². The summed E-state index contributed by atoms with van der Waals surface area (Å²) in [6.07, 6.45) is -7.67. The summed E-state index contributed by atoms with van der Waals surface area (Å²) in [6.45, 7) is 13.4. The molecule has 1 rings (SSSR count). The Hall–Kier alpha value is -2.58. The average molecular weight is 641 g/mol. The summed E-state index contributed by atoms with van der Waals surface area (Å²) in [5.41, 5.74) is -1.14. The van der Waals surface area contributed by atoms with E-state index in [2.05, 4.69) is 0 Å². The van der Waals surface area contributed by atoms with Crippen LogP contribution in [0.25, 0.3) is 0 Å². The fraction of sp³-hybridized carbons (Fsp3) is 0.815. The Balaban J connectivity index is 3.46. The van der Waals surface area contributed by atoms with Crippen LogP contribution in [0.15, 0.2) is 0 Å². The molecule has 6 atom stereocenters. The Morgan fingerprint density at radius 2 is 1.16 bits per heavy atom. The SMILES string of the molecule is CC(=O)OC[C@H]1O[C@H](CP(=O)(OCOCC(C)(C)C)OCOC(=O)C(C)(C)C)[C@@H](OC(C)=O)[C@@H](OC(C)=O)[C@@H]1OC(C)=O. The van der Waals surface area contributed by atoms with Gasteiger partial charge in [-0.15, -0.1) is 0 Å². The molecule has 0 radical (unpaired) electrons. The van der Waals surface area contributed by atoms with Crippen LogP contribution in [0.2, 0.25) is 0 Å². The number of esters is 5. The molecule has 0 aromatic carbocycles. The maximum atomic E-state index is 14.0. The predicted octanol–water partition coefficient (Wildman–Crippen LogP) is 2.91. The van der Waals surface area contributed by atoms with Gasteiger partial charge in [0.2, 0.25) is 6.79 Å². The Morgan fingerprint density at radius 1 is 0.674 bits per heavy atom. The van der Waals surface area contributed by atoms with Crippen molar-refractivity contribution in [2.75, 3.05) is 33.0 Å². The number of ether oxygens (including phenoxy) is 7. The minimum Gasteiger partial charge on any atom is -0.463 e. The highest BCUT2D eigenvalue weighted by Gasteiger charge is 2.54. The van der Waals surface area contributed by atoms with Gasteiger partial charge in [0.1, 0.15) is 18.8 Å². The molecule has 0 saturated carbocycles. The maximum Gasteiger partial charge on any atom is 0.338 e. The molecule has 0 N–H and O–H groups in total. The first kappa shape index (κ1) is 38.4. The van der Waals surface area contributed by atoms with Gasteiger partial charge in [0, 0.05) is 27.7 Å². The Labute approximate surface area is 252 Å². The third kappa shape index (κ3) is 14.6. The molecule has 43 heavy (non-hydrogen) atoms. The van der Waals surface area contributed by atoms with Crippen LogP contribution in [0.4, 0.5) is 0 Å². The summed E-state index contributed by atoms with van der Waals surface area (Å²) in [6, 6.07) is 0. The zero-order chi connectivity index (χ0) is 33.2. The lowest BCUT2D eigenvalue weighted by Crippen LogP contribution is -2.63.